The molecule has 1 saturated heterocycles. The number of nitrogens with zero attached hydrogens (tertiary/aromatic N) is 2. The summed E-state index contributed by atoms with van der Waals surface area (Å²) in [6.45, 7) is 5.48. The highest BCUT2D eigenvalue weighted by Gasteiger charge is 2.55. The summed E-state index contributed by atoms with van der Waals surface area (Å²) in [5.74, 6) is -1.64. The molecule has 4 rings (SSSR count). The maximum atomic E-state index is 14.4. The quantitative estimate of drug-likeness (QED) is 0.357. The second-order valence-electron chi connectivity index (χ2n) is 11.5. The number of carboxylic acids is 1. The Morgan fingerprint density at radius 1 is 1.10 bits per heavy atom. The van der Waals surface area contributed by atoms with Crippen LogP contribution in [0.3, 0.4) is 0 Å². The van der Waals surface area contributed by atoms with Crippen molar-refractivity contribution in [2.75, 3.05) is 13.6 Å². The number of hydrogen-bond acceptors (Lipinski definition) is 4. The van der Waals surface area contributed by atoms with Gasteiger partial charge in [0.2, 0.25) is 15.9 Å². The SMILES string of the molecule is CCC(CN(C)S(=O)(=O)C1(C)CC1)N1C(=O)[C@@](C)(CC(=O)O)C[C@H](c2cccc(Cl)c2)[C@H]1c1ccc(Cl)cc1. The van der Waals surface area contributed by atoms with E-state index in [2.05, 4.69) is 0 Å². The first-order valence-corrected chi connectivity index (χ1v) is 15.4. The largest absolute Gasteiger partial charge is 0.481 e. The van der Waals surface area contributed by atoms with Gasteiger partial charge in [0.05, 0.1) is 22.6 Å². The molecule has 2 fully saturated rings. The van der Waals surface area contributed by atoms with E-state index in [0.29, 0.717) is 35.7 Å². The van der Waals surface area contributed by atoms with Crippen LogP contribution < -0.4 is 0 Å². The average molecular weight is 596 g/mol. The first kappa shape index (κ1) is 29.8. The van der Waals surface area contributed by atoms with Crippen molar-refractivity contribution in [1.29, 1.82) is 0 Å². The highest BCUT2D eigenvalue weighted by atomic mass is 35.5. The first-order valence-electron chi connectivity index (χ1n) is 13.2. The molecule has 2 aliphatic rings. The number of rotatable bonds is 10. The van der Waals surface area contributed by atoms with Crippen LogP contribution in [0.15, 0.2) is 48.5 Å². The Hall–Kier alpha value is -2.13. The Labute approximate surface area is 241 Å². The minimum Gasteiger partial charge on any atom is -0.481 e. The summed E-state index contributed by atoms with van der Waals surface area (Å²) in [6, 6.07) is 13.7. The lowest BCUT2D eigenvalue weighted by molar-refractivity contribution is -0.160. The number of carboxylic acid groups (broad SMARTS) is 1. The number of piperidine rings is 1. The van der Waals surface area contributed by atoms with E-state index in [-0.39, 0.29) is 24.8 Å². The molecular weight excluding hydrogens is 559 g/mol. The molecule has 7 nitrogen and oxygen atoms in total. The van der Waals surface area contributed by atoms with Gasteiger partial charge >= 0.3 is 5.97 Å². The van der Waals surface area contributed by atoms with Gasteiger partial charge in [-0.25, -0.2) is 12.7 Å². The number of amides is 1. The molecule has 1 aliphatic heterocycles. The number of benzene rings is 2. The van der Waals surface area contributed by atoms with Crippen LogP contribution in [0.2, 0.25) is 10.0 Å². The predicted molar refractivity (Wildman–Crippen MR) is 153 cm³/mol. The molecule has 1 saturated carbocycles. The number of aliphatic carboxylic acids is 1. The van der Waals surface area contributed by atoms with Crippen molar-refractivity contribution < 1.29 is 23.1 Å². The molecule has 2 aromatic carbocycles. The van der Waals surface area contributed by atoms with Crippen LogP contribution in [0.1, 0.15) is 76.0 Å². The summed E-state index contributed by atoms with van der Waals surface area (Å²) >= 11 is 12.6. The summed E-state index contributed by atoms with van der Waals surface area (Å²) in [7, 11) is -2.00. The van der Waals surface area contributed by atoms with E-state index in [1.165, 1.54) is 4.31 Å². The lowest BCUT2D eigenvalue weighted by Crippen LogP contribution is -2.58. The van der Waals surface area contributed by atoms with Crippen LogP contribution in [0, 0.1) is 5.41 Å². The molecule has 1 N–H and O–H groups in total. The van der Waals surface area contributed by atoms with Crippen molar-refractivity contribution in [2.24, 2.45) is 5.41 Å². The van der Waals surface area contributed by atoms with Crippen molar-refractivity contribution in [3.8, 4) is 0 Å². The number of likely N-dealkylation sites (N-methyl/N-ethyl adjacent to an activating group) is 1. The van der Waals surface area contributed by atoms with Gasteiger partial charge in [-0.3, -0.25) is 9.59 Å². The zero-order chi connectivity index (χ0) is 28.8. The fraction of sp³-hybridized carbons (Fsp3) is 0.517. The van der Waals surface area contributed by atoms with Gasteiger partial charge in [-0.1, -0.05) is 61.3 Å². The van der Waals surface area contributed by atoms with Crippen LogP contribution in [0.4, 0.5) is 0 Å². The molecule has 0 bridgehead atoms. The second kappa shape index (κ2) is 11.0. The van der Waals surface area contributed by atoms with Crippen molar-refractivity contribution >= 4 is 45.1 Å². The van der Waals surface area contributed by atoms with Gasteiger partial charge in [-0.05, 0) is 68.0 Å². The van der Waals surface area contributed by atoms with Crippen molar-refractivity contribution in [2.45, 2.75) is 75.6 Å². The average Bonchev–Trinajstić information content (AvgIpc) is 3.63. The number of likely N-dealkylation sites (tertiary alicyclic amines) is 1. The Kier molecular flexibility index (Phi) is 8.44. The Bertz CT molecular complexity index is 1350. The number of sulfonamides is 1. The van der Waals surface area contributed by atoms with Gasteiger partial charge in [-0.2, -0.15) is 0 Å². The van der Waals surface area contributed by atoms with E-state index < -0.39 is 38.2 Å². The zero-order valence-electron chi connectivity index (χ0n) is 22.7. The first-order chi connectivity index (χ1) is 18.2. The molecule has 0 radical (unpaired) electrons. The predicted octanol–water partition coefficient (Wildman–Crippen LogP) is 6.12. The van der Waals surface area contributed by atoms with Gasteiger partial charge in [-0.15, -0.1) is 0 Å². The third kappa shape index (κ3) is 5.85. The zero-order valence-corrected chi connectivity index (χ0v) is 25.1. The summed E-state index contributed by atoms with van der Waals surface area (Å²) in [5.41, 5.74) is 0.529. The summed E-state index contributed by atoms with van der Waals surface area (Å²) < 4.78 is 27.3. The second-order valence-corrected chi connectivity index (χ2v) is 14.9. The molecule has 0 spiro atoms. The molecule has 212 valence electrons. The monoisotopic (exact) mass is 594 g/mol. The molecule has 0 aromatic heterocycles. The molecule has 1 unspecified atom stereocenters. The normalized spacial score (nSPS) is 25.5. The summed E-state index contributed by atoms with van der Waals surface area (Å²) in [6.07, 6.45) is 1.66. The van der Waals surface area contributed by atoms with E-state index in [9.17, 15) is 23.1 Å². The molecule has 1 heterocycles. The third-order valence-electron chi connectivity index (χ3n) is 8.45. The van der Waals surface area contributed by atoms with E-state index >= 15 is 0 Å². The highest BCUT2D eigenvalue weighted by molar-refractivity contribution is 7.90. The fourth-order valence-corrected chi connectivity index (χ4v) is 7.96. The number of carbonyl (C=O) groups excluding carboxylic acids is 1. The topological polar surface area (TPSA) is 95.0 Å². The van der Waals surface area contributed by atoms with E-state index in [1.807, 2.05) is 37.3 Å². The summed E-state index contributed by atoms with van der Waals surface area (Å²) in [4.78, 5) is 28.1. The van der Waals surface area contributed by atoms with Crippen LogP contribution in [-0.2, 0) is 19.6 Å². The van der Waals surface area contributed by atoms with Crippen molar-refractivity contribution in [1.82, 2.24) is 9.21 Å². The van der Waals surface area contributed by atoms with Gasteiger partial charge in [0, 0.05) is 35.6 Å². The Morgan fingerprint density at radius 2 is 1.74 bits per heavy atom. The molecular formula is C29H36Cl2N2O5S. The van der Waals surface area contributed by atoms with Crippen LogP contribution in [-0.4, -0.2) is 59.0 Å². The van der Waals surface area contributed by atoms with Crippen LogP contribution in [0.5, 0.6) is 0 Å². The van der Waals surface area contributed by atoms with Gasteiger partial charge in [0.25, 0.3) is 0 Å². The number of carbonyl (C=O) groups is 2. The number of hydrogen-bond donors (Lipinski definition) is 1. The van der Waals surface area contributed by atoms with Gasteiger partial charge < -0.3 is 10.0 Å². The highest BCUT2D eigenvalue weighted by Crippen LogP contribution is 2.52. The minimum absolute atomic E-state index is 0.107. The number of halogens is 2. The summed E-state index contributed by atoms with van der Waals surface area (Å²) in [5, 5.41) is 10.9. The smallest absolute Gasteiger partial charge is 0.304 e. The molecule has 39 heavy (non-hydrogen) atoms. The third-order valence-corrected chi connectivity index (χ3v) is 11.6. The molecule has 1 aliphatic carbocycles. The Morgan fingerprint density at radius 3 is 2.28 bits per heavy atom. The lowest BCUT2D eigenvalue weighted by Gasteiger charge is -2.52. The van der Waals surface area contributed by atoms with Crippen LogP contribution in [0.25, 0.3) is 0 Å². The maximum absolute atomic E-state index is 14.4. The van der Waals surface area contributed by atoms with Gasteiger partial charge in [0.1, 0.15) is 0 Å². The minimum atomic E-state index is -3.57. The van der Waals surface area contributed by atoms with E-state index in [4.69, 9.17) is 23.2 Å². The molecule has 2 aromatic rings. The fourth-order valence-electron chi connectivity index (χ4n) is 5.90. The van der Waals surface area contributed by atoms with Crippen LogP contribution >= 0.6 is 23.2 Å². The maximum Gasteiger partial charge on any atom is 0.304 e. The van der Waals surface area contributed by atoms with E-state index in [1.54, 1.807) is 44.0 Å². The molecule has 10 heteroatoms. The van der Waals surface area contributed by atoms with E-state index in [0.717, 1.165) is 11.1 Å². The Balaban J connectivity index is 1.86. The lowest BCUT2D eigenvalue weighted by atomic mass is 9.67. The van der Waals surface area contributed by atoms with Crippen molar-refractivity contribution in [3.05, 3.63) is 69.7 Å². The standard InChI is InChI=1S/C29H36Cl2N2O5S/c1-5-23(18-32(4)39(37,38)29(3)13-14-29)33-26(19-9-11-21(30)12-10-19)24(20-7-6-8-22(31)15-20)16-28(2,27(33)36)17-25(34)35/h6-12,15,23-24,26H,5,13-14,16-18H2,1-4H3,(H,34,35)/t23?,24-,26-,28-/m1/s1. The van der Waals surface area contributed by atoms with Crippen molar-refractivity contribution in [3.63, 3.8) is 0 Å². The molecule has 4 atom stereocenters. The van der Waals surface area contributed by atoms with Gasteiger partial charge in [0.15, 0.2) is 0 Å². The molecule has 1 amide bonds.